The Balaban J connectivity index is 2.08. The SMILES string of the molecule is CNCc1ccnc(N(C)CC2CCCO2)c1F. The first kappa shape index (κ1) is 13.2. The molecular weight excluding hydrogens is 233 g/mol. The van der Waals surface area contributed by atoms with Crippen LogP contribution in [0.5, 0.6) is 0 Å². The Labute approximate surface area is 107 Å². The zero-order valence-corrected chi connectivity index (χ0v) is 10.9. The summed E-state index contributed by atoms with van der Waals surface area (Å²) < 4.78 is 19.8. The molecule has 0 saturated carbocycles. The minimum Gasteiger partial charge on any atom is -0.376 e. The number of hydrogen-bond donors (Lipinski definition) is 1. The molecule has 1 N–H and O–H groups in total. The van der Waals surface area contributed by atoms with Gasteiger partial charge in [0.05, 0.1) is 6.10 Å². The smallest absolute Gasteiger partial charge is 0.170 e. The van der Waals surface area contributed by atoms with Crippen molar-refractivity contribution in [2.24, 2.45) is 0 Å². The first-order valence-electron chi connectivity index (χ1n) is 6.33. The van der Waals surface area contributed by atoms with Gasteiger partial charge in [-0.2, -0.15) is 0 Å². The largest absolute Gasteiger partial charge is 0.376 e. The fourth-order valence-electron chi connectivity index (χ4n) is 2.24. The third kappa shape index (κ3) is 2.97. The predicted octanol–water partition coefficient (Wildman–Crippen LogP) is 1.56. The van der Waals surface area contributed by atoms with E-state index in [0.29, 0.717) is 24.5 Å². The van der Waals surface area contributed by atoms with Crippen LogP contribution >= 0.6 is 0 Å². The number of ether oxygens (including phenoxy) is 1. The second-order valence-corrected chi connectivity index (χ2v) is 4.65. The van der Waals surface area contributed by atoms with Crippen molar-refractivity contribution in [3.05, 3.63) is 23.6 Å². The van der Waals surface area contributed by atoms with Crippen LogP contribution in [0.25, 0.3) is 0 Å². The number of halogens is 1. The molecule has 1 aromatic heterocycles. The quantitative estimate of drug-likeness (QED) is 0.864. The highest BCUT2D eigenvalue weighted by Crippen LogP contribution is 2.21. The van der Waals surface area contributed by atoms with Crippen LogP contribution in [0.1, 0.15) is 18.4 Å². The molecule has 0 amide bonds. The Hall–Kier alpha value is -1.20. The van der Waals surface area contributed by atoms with E-state index in [-0.39, 0.29) is 11.9 Å². The standard InChI is InChI=1S/C13H20FN3O/c1-15-8-10-5-6-16-13(12(10)14)17(2)9-11-4-3-7-18-11/h5-6,11,15H,3-4,7-9H2,1-2H3. The van der Waals surface area contributed by atoms with Gasteiger partial charge in [-0.3, -0.25) is 0 Å². The van der Waals surface area contributed by atoms with Crippen LogP contribution in [-0.4, -0.2) is 38.3 Å². The van der Waals surface area contributed by atoms with Gasteiger partial charge in [-0.15, -0.1) is 0 Å². The zero-order chi connectivity index (χ0) is 13.0. The lowest BCUT2D eigenvalue weighted by atomic mass is 10.2. The summed E-state index contributed by atoms with van der Waals surface area (Å²) in [6.07, 6.45) is 3.98. The summed E-state index contributed by atoms with van der Waals surface area (Å²) >= 11 is 0. The molecule has 1 aliphatic heterocycles. The van der Waals surface area contributed by atoms with Gasteiger partial charge in [-0.25, -0.2) is 9.37 Å². The molecule has 0 aromatic carbocycles. The van der Waals surface area contributed by atoms with Crippen LogP contribution in [0.15, 0.2) is 12.3 Å². The second kappa shape index (κ2) is 6.11. The minimum atomic E-state index is -0.243. The van der Waals surface area contributed by atoms with Crippen molar-refractivity contribution < 1.29 is 9.13 Å². The van der Waals surface area contributed by atoms with Crippen LogP contribution in [0.2, 0.25) is 0 Å². The van der Waals surface area contributed by atoms with E-state index in [4.69, 9.17) is 4.74 Å². The highest BCUT2D eigenvalue weighted by molar-refractivity contribution is 5.42. The predicted molar refractivity (Wildman–Crippen MR) is 69.2 cm³/mol. The van der Waals surface area contributed by atoms with Gasteiger partial charge in [0.1, 0.15) is 0 Å². The van der Waals surface area contributed by atoms with Crippen LogP contribution < -0.4 is 10.2 Å². The molecule has 1 aromatic rings. The van der Waals surface area contributed by atoms with Crippen molar-refractivity contribution in [2.75, 3.05) is 32.1 Å². The summed E-state index contributed by atoms with van der Waals surface area (Å²) in [6, 6.07) is 1.70. The highest BCUT2D eigenvalue weighted by atomic mass is 19.1. The first-order chi connectivity index (χ1) is 8.72. The van der Waals surface area contributed by atoms with E-state index in [0.717, 1.165) is 19.4 Å². The third-order valence-corrected chi connectivity index (χ3v) is 3.18. The molecule has 0 bridgehead atoms. The van der Waals surface area contributed by atoms with Gasteiger partial charge < -0.3 is 15.0 Å². The normalized spacial score (nSPS) is 19.2. The average molecular weight is 253 g/mol. The van der Waals surface area contributed by atoms with E-state index in [1.807, 2.05) is 11.9 Å². The maximum absolute atomic E-state index is 14.2. The van der Waals surface area contributed by atoms with Gasteiger partial charge in [-0.05, 0) is 26.0 Å². The monoisotopic (exact) mass is 253 g/mol. The molecular formula is C13H20FN3O. The summed E-state index contributed by atoms with van der Waals surface area (Å²) in [5.74, 6) is 0.158. The molecule has 4 nitrogen and oxygen atoms in total. The summed E-state index contributed by atoms with van der Waals surface area (Å²) in [5.41, 5.74) is 0.640. The fraction of sp³-hybridized carbons (Fsp3) is 0.615. The van der Waals surface area contributed by atoms with E-state index in [2.05, 4.69) is 10.3 Å². The lowest BCUT2D eigenvalue weighted by Crippen LogP contribution is -2.30. The number of nitrogens with zero attached hydrogens (tertiary/aromatic N) is 2. The third-order valence-electron chi connectivity index (χ3n) is 3.18. The Kier molecular flexibility index (Phi) is 4.49. The van der Waals surface area contributed by atoms with Gasteiger partial charge in [-0.1, -0.05) is 0 Å². The number of anilines is 1. The molecule has 2 rings (SSSR count). The zero-order valence-electron chi connectivity index (χ0n) is 10.9. The molecule has 0 aliphatic carbocycles. The van der Waals surface area contributed by atoms with Crippen molar-refractivity contribution in [1.82, 2.24) is 10.3 Å². The second-order valence-electron chi connectivity index (χ2n) is 4.65. The topological polar surface area (TPSA) is 37.4 Å². The molecule has 1 atom stereocenters. The number of pyridine rings is 1. The molecule has 1 unspecified atom stereocenters. The Morgan fingerprint density at radius 1 is 1.61 bits per heavy atom. The van der Waals surface area contributed by atoms with E-state index in [1.165, 1.54) is 0 Å². The van der Waals surface area contributed by atoms with Gasteiger partial charge in [0.15, 0.2) is 11.6 Å². The summed E-state index contributed by atoms with van der Waals surface area (Å²) in [6.45, 7) is 2.01. The van der Waals surface area contributed by atoms with E-state index >= 15 is 0 Å². The van der Waals surface area contributed by atoms with Crippen LogP contribution in [0, 0.1) is 5.82 Å². The molecule has 0 radical (unpaired) electrons. The number of likely N-dealkylation sites (N-methyl/N-ethyl adjacent to an activating group) is 1. The summed E-state index contributed by atoms with van der Waals surface area (Å²) in [5, 5.41) is 2.95. The average Bonchev–Trinajstić information content (AvgIpc) is 2.85. The number of rotatable bonds is 5. The summed E-state index contributed by atoms with van der Waals surface area (Å²) in [7, 11) is 3.66. The van der Waals surface area contributed by atoms with E-state index < -0.39 is 0 Å². The van der Waals surface area contributed by atoms with Crippen LogP contribution in [-0.2, 0) is 11.3 Å². The summed E-state index contributed by atoms with van der Waals surface area (Å²) in [4.78, 5) is 5.97. The Morgan fingerprint density at radius 3 is 3.11 bits per heavy atom. The molecule has 100 valence electrons. The molecule has 1 saturated heterocycles. The van der Waals surface area contributed by atoms with Gasteiger partial charge in [0.25, 0.3) is 0 Å². The van der Waals surface area contributed by atoms with E-state index in [9.17, 15) is 4.39 Å². The number of aromatic nitrogens is 1. The van der Waals surface area contributed by atoms with Gasteiger partial charge in [0, 0.05) is 38.5 Å². The number of hydrogen-bond acceptors (Lipinski definition) is 4. The van der Waals surface area contributed by atoms with Crippen molar-refractivity contribution in [2.45, 2.75) is 25.5 Å². The Morgan fingerprint density at radius 2 is 2.44 bits per heavy atom. The van der Waals surface area contributed by atoms with Crippen LogP contribution in [0.3, 0.4) is 0 Å². The lowest BCUT2D eigenvalue weighted by molar-refractivity contribution is 0.116. The van der Waals surface area contributed by atoms with Gasteiger partial charge in [0.2, 0.25) is 0 Å². The fourth-order valence-corrected chi connectivity index (χ4v) is 2.24. The van der Waals surface area contributed by atoms with Crippen molar-refractivity contribution in [3.8, 4) is 0 Å². The highest BCUT2D eigenvalue weighted by Gasteiger charge is 2.20. The van der Waals surface area contributed by atoms with E-state index in [1.54, 1.807) is 19.3 Å². The maximum atomic E-state index is 14.2. The number of nitrogens with one attached hydrogen (secondary N) is 1. The lowest BCUT2D eigenvalue weighted by Gasteiger charge is -2.22. The van der Waals surface area contributed by atoms with Crippen molar-refractivity contribution in [1.29, 1.82) is 0 Å². The molecule has 1 aliphatic rings. The van der Waals surface area contributed by atoms with Crippen molar-refractivity contribution >= 4 is 5.82 Å². The Bertz CT molecular complexity index is 394. The van der Waals surface area contributed by atoms with Gasteiger partial charge >= 0.3 is 0 Å². The molecule has 0 spiro atoms. The molecule has 18 heavy (non-hydrogen) atoms. The van der Waals surface area contributed by atoms with Crippen molar-refractivity contribution in [3.63, 3.8) is 0 Å². The minimum absolute atomic E-state index is 0.198. The molecule has 1 fully saturated rings. The maximum Gasteiger partial charge on any atom is 0.170 e. The first-order valence-corrected chi connectivity index (χ1v) is 6.33. The molecule has 2 heterocycles. The van der Waals surface area contributed by atoms with Crippen LogP contribution in [0.4, 0.5) is 10.2 Å². The molecule has 5 heteroatoms.